The number of β-amino-alcohol motifs (C(OH)–C–C–N with tert-alkyl or cyclic N) is 1. The molecule has 2 unspecified atom stereocenters. The number of fused-ring (bicyclic) bond motifs is 2. The van der Waals surface area contributed by atoms with Gasteiger partial charge in [-0.15, -0.1) is 0 Å². The maximum Gasteiger partial charge on any atom is 0.301 e. The molecule has 2 aromatic heterocycles. The number of aliphatic hydroxyl groups excluding tert-OH is 1. The van der Waals surface area contributed by atoms with Crippen LogP contribution in [0.3, 0.4) is 0 Å². The lowest BCUT2D eigenvalue weighted by molar-refractivity contribution is -0.136. The number of imide groups is 1. The number of rotatable bonds is 13. The predicted molar refractivity (Wildman–Crippen MR) is 233 cm³/mol. The van der Waals surface area contributed by atoms with Crippen LogP contribution in [0.1, 0.15) is 63.1 Å². The Bertz CT molecular complexity index is 2880. The number of benzene rings is 3. The maximum atomic E-state index is 15.7. The van der Waals surface area contributed by atoms with E-state index in [1.807, 2.05) is 41.1 Å². The molecular weight excluding hydrogens is 866 g/mol. The number of nitrogens with one attached hydrogen (secondary N) is 3. The maximum absolute atomic E-state index is 15.7. The predicted octanol–water partition coefficient (Wildman–Crippen LogP) is 4.32. The van der Waals surface area contributed by atoms with Crippen molar-refractivity contribution in [2.45, 2.75) is 57.0 Å². The minimum Gasteiger partial charge on any atom is -0.392 e. The molecule has 4 fully saturated rings. The van der Waals surface area contributed by atoms with E-state index in [4.69, 9.17) is 0 Å². The number of nitrogens with zero attached hydrogens (tertiary/aromatic N) is 5. The molecule has 0 bridgehead atoms. The second-order valence-electron chi connectivity index (χ2n) is 17.9. The lowest BCUT2D eigenvalue weighted by Crippen LogP contribution is -2.72. The number of aromatic amines is 1. The Kier molecular flexibility index (Phi) is 10.8. The average molecular weight is 911 g/mol. The van der Waals surface area contributed by atoms with E-state index in [0.717, 1.165) is 65.0 Å². The third-order valence-electron chi connectivity index (χ3n) is 13.3. The van der Waals surface area contributed by atoms with Crippen molar-refractivity contribution in [3.05, 3.63) is 113 Å². The number of aliphatic hydroxyl groups is 1. The molecule has 19 heteroatoms. The van der Waals surface area contributed by atoms with Crippen LogP contribution in [0.4, 0.5) is 24.5 Å². The van der Waals surface area contributed by atoms with Crippen molar-refractivity contribution < 1.29 is 45.9 Å². The van der Waals surface area contributed by atoms with Crippen LogP contribution in [0.2, 0.25) is 0 Å². The highest BCUT2D eigenvalue weighted by Gasteiger charge is 2.51. The zero-order valence-electron chi connectivity index (χ0n) is 35.0. The van der Waals surface area contributed by atoms with E-state index < -0.39 is 69.6 Å². The summed E-state index contributed by atoms with van der Waals surface area (Å²) in [5.41, 5.74) is 3.75. The molecule has 3 atom stereocenters. The molecular formula is C46H45F3N8O7S. The smallest absolute Gasteiger partial charge is 0.301 e. The second-order valence-corrected chi connectivity index (χ2v) is 19.6. The summed E-state index contributed by atoms with van der Waals surface area (Å²) in [5.74, 6) is -4.55. The molecule has 7 heterocycles. The van der Waals surface area contributed by atoms with E-state index in [1.165, 1.54) is 11.1 Å². The monoisotopic (exact) mass is 910 g/mol. The van der Waals surface area contributed by atoms with Gasteiger partial charge in [-0.1, -0.05) is 24.3 Å². The molecule has 4 saturated heterocycles. The van der Waals surface area contributed by atoms with Crippen LogP contribution in [-0.4, -0.2) is 125 Å². The van der Waals surface area contributed by atoms with Crippen molar-refractivity contribution in [1.82, 2.24) is 29.4 Å². The molecule has 65 heavy (non-hydrogen) atoms. The van der Waals surface area contributed by atoms with Gasteiger partial charge < -0.3 is 19.9 Å². The van der Waals surface area contributed by atoms with Gasteiger partial charge in [0.05, 0.1) is 17.4 Å². The zero-order chi connectivity index (χ0) is 45.4. The Labute approximate surface area is 371 Å². The molecule has 5 aliphatic heterocycles. The van der Waals surface area contributed by atoms with Crippen LogP contribution >= 0.6 is 0 Å². The molecule has 3 aromatic carbocycles. The number of alkyl halides is 1. The average Bonchev–Trinajstić information content (AvgIpc) is 3.98. The number of aryl methyl sites for hydroxylation is 1. The third kappa shape index (κ3) is 8.04. The Hall–Kier alpha value is -6.15. The molecule has 338 valence electrons. The normalized spacial score (nSPS) is 21.4. The first-order chi connectivity index (χ1) is 31.1. The number of ketones is 1. The Morgan fingerprint density at radius 2 is 1.77 bits per heavy atom. The molecule has 15 nitrogen and oxygen atoms in total. The van der Waals surface area contributed by atoms with E-state index in [-0.39, 0.29) is 42.2 Å². The van der Waals surface area contributed by atoms with Gasteiger partial charge in [0.25, 0.3) is 5.91 Å². The highest BCUT2D eigenvalue weighted by atomic mass is 32.2. The number of halogens is 3. The molecule has 10 rings (SSSR count). The first-order valence-electron chi connectivity index (χ1n) is 21.6. The Morgan fingerprint density at radius 1 is 0.985 bits per heavy atom. The van der Waals surface area contributed by atoms with Crippen LogP contribution in [0, 0.1) is 17.0 Å². The molecule has 1 spiro atoms. The molecule has 3 amide bonds. The number of carbonyl (C=O) groups excluding carboxylic acids is 4. The second kappa shape index (κ2) is 16.4. The number of piperidine rings is 1. The number of carbonyl (C=O) groups is 4. The molecule has 0 saturated carbocycles. The standard InChI is InChI=1S/C46H45F3N8O7S/c47-30-13-14-56(20-30)65(63,64)53-37-10-9-36(48)40(41(37)49)42(60)35-18-51-43-34(35)16-28(17-50-43)27-3-5-31(6-4-27)55-24-46(25-55)22-54(23-46)21-32(58)7-1-26-2-8-33-29(15-26)19-57(45(33)62)38-11-12-39(59)52-44(38)61/h2-6,8-10,15-18,30,32,38,53,58H,1,7,11-14,19-25H2,(H,50,51)(H,52,59,61)/t30?,32-,38?/m0/s1. The van der Waals surface area contributed by atoms with Crippen molar-refractivity contribution in [1.29, 1.82) is 0 Å². The van der Waals surface area contributed by atoms with Gasteiger partial charge in [0.1, 0.15) is 23.7 Å². The fourth-order valence-electron chi connectivity index (χ4n) is 9.98. The van der Waals surface area contributed by atoms with Crippen molar-refractivity contribution in [2.24, 2.45) is 5.41 Å². The van der Waals surface area contributed by atoms with Crippen LogP contribution in [-0.2, 0) is 32.8 Å². The van der Waals surface area contributed by atoms with Crippen LogP contribution in [0.25, 0.3) is 22.2 Å². The van der Waals surface area contributed by atoms with E-state index in [0.29, 0.717) is 54.5 Å². The summed E-state index contributed by atoms with van der Waals surface area (Å²) in [4.78, 5) is 64.1. The van der Waals surface area contributed by atoms with Gasteiger partial charge in [0, 0.05) is 104 Å². The van der Waals surface area contributed by atoms with Gasteiger partial charge in [-0.05, 0) is 78.8 Å². The number of pyridine rings is 1. The molecule has 0 radical (unpaired) electrons. The summed E-state index contributed by atoms with van der Waals surface area (Å²) in [6.45, 7) is 3.89. The number of hydrogen-bond donors (Lipinski definition) is 4. The van der Waals surface area contributed by atoms with Crippen LogP contribution in [0.15, 0.2) is 73.1 Å². The number of aromatic nitrogens is 2. The molecule has 0 aliphatic carbocycles. The van der Waals surface area contributed by atoms with E-state index >= 15 is 8.78 Å². The third-order valence-corrected chi connectivity index (χ3v) is 14.8. The highest BCUT2D eigenvalue weighted by molar-refractivity contribution is 7.90. The van der Waals surface area contributed by atoms with E-state index in [2.05, 4.69) is 25.1 Å². The first-order valence-corrected chi connectivity index (χ1v) is 23.0. The summed E-state index contributed by atoms with van der Waals surface area (Å²) < 4.78 is 73.0. The van der Waals surface area contributed by atoms with Gasteiger partial charge in [0.2, 0.25) is 17.6 Å². The first kappa shape index (κ1) is 42.8. The quantitative estimate of drug-likeness (QED) is 0.0980. The number of anilines is 2. The molecule has 4 N–H and O–H groups in total. The molecule has 5 aromatic rings. The van der Waals surface area contributed by atoms with Gasteiger partial charge in [-0.3, -0.25) is 34.1 Å². The van der Waals surface area contributed by atoms with E-state index in [1.54, 1.807) is 18.3 Å². The van der Waals surface area contributed by atoms with Crippen LogP contribution < -0.4 is 14.9 Å². The summed E-state index contributed by atoms with van der Waals surface area (Å²) >= 11 is 0. The number of amides is 3. The molecule has 5 aliphatic rings. The van der Waals surface area contributed by atoms with Crippen molar-refractivity contribution in [2.75, 3.05) is 55.4 Å². The van der Waals surface area contributed by atoms with Gasteiger partial charge in [-0.25, -0.2) is 18.2 Å². The summed E-state index contributed by atoms with van der Waals surface area (Å²) in [5, 5.41) is 13.6. The highest BCUT2D eigenvalue weighted by Crippen LogP contribution is 2.42. The Morgan fingerprint density at radius 3 is 2.51 bits per heavy atom. The fraction of sp³-hybridized carbons (Fsp3) is 0.370. The summed E-state index contributed by atoms with van der Waals surface area (Å²) in [6.07, 6.45) is 2.78. The zero-order valence-corrected chi connectivity index (χ0v) is 35.8. The topological polar surface area (TPSA) is 188 Å². The SMILES string of the molecule is O=C1CCC(N2Cc3cc(CC[C@H](O)CN4CC5(C4)CN(c4ccc(-c6cnc7[nH]cc(C(=O)c8c(F)ccc(NS(=O)(=O)N9CCC(F)C9)c8F)c7c6)cc4)C5)ccc3C2=O)C(=O)N1. The van der Waals surface area contributed by atoms with Crippen LogP contribution in [0.5, 0.6) is 0 Å². The van der Waals surface area contributed by atoms with Gasteiger partial charge in [0.15, 0.2) is 5.82 Å². The minimum absolute atomic E-state index is 0.00233. The lowest BCUT2D eigenvalue weighted by Gasteiger charge is -2.61. The largest absolute Gasteiger partial charge is 0.392 e. The minimum atomic E-state index is -4.36. The van der Waals surface area contributed by atoms with Crippen molar-refractivity contribution in [3.8, 4) is 11.1 Å². The van der Waals surface area contributed by atoms with Gasteiger partial charge >= 0.3 is 10.2 Å². The van der Waals surface area contributed by atoms with Gasteiger partial charge in [-0.2, -0.15) is 12.7 Å². The van der Waals surface area contributed by atoms with Crippen molar-refractivity contribution in [3.63, 3.8) is 0 Å². The summed E-state index contributed by atoms with van der Waals surface area (Å²) in [7, 11) is -4.36. The number of H-pyrrole nitrogens is 1. The Balaban J connectivity index is 0.720. The lowest BCUT2D eigenvalue weighted by atomic mass is 9.72. The number of hydrogen-bond acceptors (Lipinski definition) is 10. The van der Waals surface area contributed by atoms with E-state index in [9.17, 15) is 37.1 Å². The summed E-state index contributed by atoms with van der Waals surface area (Å²) in [6, 6.07) is 16.3. The number of likely N-dealkylation sites (tertiary alicyclic amines) is 1. The van der Waals surface area contributed by atoms with Crippen molar-refractivity contribution >= 4 is 56.1 Å². The fourth-order valence-corrected chi connectivity index (χ4v) is 11.2.